The van der Waals surface area contributed by atoms with Crippen LogP contribution in [-0.4, -0.2) is 6.61 Å². The third-order valence-corrected chi connectivity index (χ3v) is 1.79. The molecule has 0 amide bonds. The van der Waals surface area contributed by atoms with Gasteiger partial charge in [-0.1, -0.05) is 17.7 Å². The summed E-state index contributed by atoms with van der Waals surface area (Å²) >= 11 is 0. The number of benzene rings is 1. The number of rotatable bonds is 4. The first-order valence-electron chi connectivity index (χ1n) is 4.50. The van der Waals surface area contributed by atoms with E-state index in [-0.39, 0.29) is 0 Å². The second-order valence-electron chi connectivity index (χ2n) is 3.16. The first-order valence-corrected chi connectivity index (χ1v) is 4.50. The first-order chi connectivity index (χ1) is 6.74. The lowest BCUT2D eigenvalue weighted by Crippen LogP contribution is -1.98. The third kappa shape index (κ3) is 2.95. The third-order valence-electron chi connectivity index (χ3n) is 1.79. The Bertz CT molecular complexity index is 363. The molecular formula is C12H13NO. The van der Waals surface area contributed by atoms with Gasteiger partial charge in [0, 0.05) is 6.42 Å². The van der Waals surface area contributed by atoms with Crippen LogP contribution in [0.2, 0.25) is 0 Å². The zero-order valence-corrected chi connectivity index (χ0v) is 8.29. The normalized spacial score (nSPS) is 9.14. The molecule has 0 aromatic heterocycles. The number of ether oxygens (including phenoxy) is 1. The van der Waals surface area contributed by atoms with Gasteiger partial charge >= 0.3 is 0 Å². The Morgan fingerprint density at radius 2 is 2.21 bits per heavy atom. The van der Waals surface area contributed by atoms with Crippen LogP contribution in [0.5, 0.6) is 5.75 Å². The maximum Gasteiger partial charge on any atom is 0.137 e. The van der Waals surface area contributed by atoms with Crippen LogP contribution in [0.25, 0.3) is 0 Å². The monoisotopic (exact) mass is 187 g/mol. The molecule has 1 aromatic rings. The van der Waals surface area contributed by atoms with Crippen molar-refractivity contribution in [1.82, 2.24) is 0 Å². The predicted octanol–water partition coefficient (Wildman–Crippen LogP) is 2.90. The Balaban J connectivity index is 2.59. The maximum atomic E-state index is 8.78. The molecule has 0 aliphatic rings. The fraction of sp³-hybridized carbons (Fsp3) is 0.250. The minimum absolute atomic E-state index is 0.577. The van der Waals surface area contributed by atoms with Crippen molar-refractivity contribution in [2.45, 2.75) is 13.3 Å². The Hall–Kier alpha value is -1.75. The van der Waals surface area contributed by atoms with Crippen molar-refractivity contribution in [3.63, 3.8) is 0 Å². The molecule has 0 heterocycles. The zero-order valence-electron chi connectivity index (χ0n) is 8.29. The summed E-state index contributed by atoms with van der Waals surface area (Å²) in [6.07, 6.45) is 0.819. The van der Waals surface area contributed by atoms with Crippen LogP contribution < -0.4 is 4.74 Å². The Morgan fingerprint density at radius 1 is 1.50 bits per heavy atom. The Morgan fingerprint density at radius 3 is 2.86 bits per heavy atom. The maximum absolute atomic E-state index is 8.78. The summed E-state index contributed by atoms with van der Waals surface area (Å²) in [5.41, 5.74) is 1.66. The smallest absolute Gasteiger partial charge is 0.137 e. The lowest BCUT2D eigenvalue weighted by atomic mass is 10.2. The molecule has 0 atom stereocenters. The number of nitriles is 1. The number of para-hydroxylation sites is 1. The van der Waals surface area contributed by atoms with Gasteiger partial charge in [0.15, 0.2) is 0 Å². The van der Waals surface area contributed by atoms with E-state index in [4.69, 9.17) is 10.00 Å². The van der Waals surface area contributed by atoms with Crippen molar-refractivity contribution in [2.75, 3.05) is 6.61 Å². The first kappa shape index (κ1) is 10.3. The van der Waals surface area contributed by atoms with E-state index in [1.165, 1.54) is 0 Å². The van der Waals surface area contributed by atoms with E-state index in [9.17, 15) is 0 Å². The molecule has 1 rings (SSSR count). The summed E-state index contributed by atoms with van der Waals surface area (Å²) in [5, 5.41) is 8.78. The molecule has 0 unspecified atom stereocenters. The largest absolute Gasteiger partial charge is 0.492 e. The van der Waals surface area contributed by atoms with E-state index in [0.717, 1.165) is 12.0 Å². The van der Waals surface area contributed by atoms with Crippen molar-refractivity contribution >= 4 is 0 Å². The second-order valence-corrected chi connectivity index (χ2v) is 3.16. The molecule has 72 valence electrons. The van der Waals surface area contributed by atoms with Gasteiger partial charge in [-0.25, -0.2) is 0 Å². The Kier molecular flexibility index (Phi) is 3.75. The van der Waals surface area contributed by atoms with Crippen LogP contribution in [0.3, 0.4) is 0 Å². The SMILES string of the molecule is C=C(C)CCOc1ccccc1C#N. The second kappa shape index (κ2) is 5.08. The topological polar surface area (TPSA) is 33.0 Å². The summed E-state index contributed by atoms with van der Waals surface area (Å²) in [5.74, 6) is 0.649. The van der Waals surface area contributed by atoms with Crippen LogP contribution >= 0.6 is 0 Å². The molecule has 0 saturated carbocycles. The molecule has 0 saturated heterocycles. The standard InChI is InChI=1S/C12H13NO/c1-10(2)7-8-14-12-6-4-3-5-11(12)9-13/h3-6H,1,7-8H2,2H3. The average molecular weight is 187 g/mol. The van der Waals surface area contributed by atoms with Crippen molar-refractivity contribution in [3.05, 3.63) is 42.0 Å². The van der Waals surface area contributed by atoms with E-state index < -0.39 is 0 Å². The van der Waals surface area contributed by atoms with E-state index in [2.05, 4.69) is 12.6 Å². The van der Waals surface area contributed by atoms with Gasteiger partial charge in [-0.15, -0.1) is 6.58 Å². The minimum Gasteiger partial charge on any atom is -0.492 e. The summed E-state index contributed by atoms with van der Waals surface area (Å²) in [7, 11) is 0. The molecule has 0 spiro atoms. The van der Waals surface area contributed by atoms with Crippen molar-refractivity contribution in [1.29, 1.82) is 5.26 Å². The molecule has 0 aliphatic heterocycles. The van der Waals surface area contributed by atoms with Gasteiger partial charge in [0.1, 0.15) is 11.8 Å². The summed E-state index contributed by atoms with van der Waals surface area (Å²) in [6, 6.07) is 9.32. The number of hydrogen-bond donors (Lipinski definition) is 0. The van der Waals surface area contributed by atoms with Gasteiger partial charge in [0.05, 0.1) is 12.2 Å². The lowest BCUT2D eigenvalue weighted by molar-refractivity contribution is 0.321. The molecule has 0 N–H and O–H groups in total. The highest BCUT2D eigenvalue weighted by Crippen LogP contribution is 2.16. The van der Waals surface area contributed by atoms with Crippen LogP contribution in [0.1, 0.15) is 18.9 Å². The highest BCUT2D eigenvalue weighted by molar-refractivity contribution is 5.42. The Labute approximate surface area is 84.4 Å². The van der Waals surface area contributed by atoms with Crippen LogP contribution in [0.4, 0.5) is 0 Å². The van der Waals surface area contributed by atoms with Crippen LogP contribution in [-0.2, 0) is 0 Å². The van der Waals surface area contributed by atoms with Gasteiger partial charge in [-0.3, -0.25) is 0 Å². The molecule has 14 heavy (non-hydrogen) atoms. The van der Waals surface area contributed by atoms with Gasteiger partial charge in [-0.2, -0.15) is 5.26 Å². The highest BCUT2D eigenvalue weighted by Gasteiger charge is 2.00. The molecule has 0 bridgehead atoms. The molecule has 1 aromatic carbocycles. The lowest BCUT2D eigenvalue weighted by Gasteiger charge is -2.06. The highest BCUT2D eigenvalue weighted by atomic mass is 16.5. The predicted molar refractivity (Wildman–Crippen MR) is 56.1 cm³/mol. The number of hydrogen-bond acceptors (Lipinski definition) is 2. The van der Waals surface area contributed by atoms with E-state index in [1.54, 1.807) is 12.1 Å². The summed E-state index contributed by atoms with van der Waals surface area (Å²) < 4.78 is 5.46. The molecular weight excluding hydrogens is 174 g/mol. The summed E-state index contributed by atoms with van der Waals surface area (Å²) in [6.45, 7) is 6.32. The van der Waals surface area contributed by atoms with Crippen LogP contribution in [0.15, 0.2) is 36.4 Å². The van der Waals surface area contributed by atoms with E-state index >= 15 is 0 Å². The minimum atomic E-state index is 0.577. The van der Waals surface area contributed by atoms with Crippen molar-refractivity contribution < 1.29 is 4.74 Å². The quantitative estimate of drug-likeness (QED) is 0.679. The molecule has 0 radical (unpaired) electrons. The number of nitrogens with zero attached hydrogens (tertiary/aromatic N) is 1. The average Bonchev–Trinajstić information content (AvgIpc) is 2.18. The fourth-order valence-electron chi connectivity index (χ4n) is 1.02. The van der Waals surface area contributed by atoms with E-state index in [0.29, 0.717) is 17.9 Å². The van der Waals surface area contributed by atoms with E-state index in [1.807, 2.05) is 19.1 Å². The molecule has 2 nitrogen and oxygen atoms in total. The van der Waals surface area contributed by atoms with Crippen molar-refractivity contribution in [3.8, 4) is 11.8 Å². The van der Waals surface area contributed by atoms with Crippen LogP contribution in [0, 0.1) is 11.3 Å². The van der Waals surface area contributed by atoms with Gasteiger partial charge in [-0.05, 0) is 19.1 Å². The van der Waals surface area contributed by atoms with Gasteiger partial charge < -0.3 is 4.74 Å². The van der Waals surface area contributed by atoms with Crippen molar-refractivity contribution in [2.24, 2.45) is 0 Å². The van der Waals surface area contributed by atoms with Gasteiger partial charge in [0.2, 0.25) is 0 Å². The fourth-order valence-corrected chi connectivity index (χ4v) is 1.02. The molecule has 0 aliphatic carbocycles. The summed E-state index contributed by atoms with van der Waals surface area (Å²) in [4.78, 5) is 0. The molecule has 0 fully saturated rings. The zero-order chi connectivity index (χ0) is 10.4. The molecule has 2 heteroatoms. The van der Waals surface area contributed by atoms with Gasteiger partial charge in [0.25, 0.3) is 0 Å².